The van der Waals surface area contributed by atoms with Crippen molar-refractivity contribution in [3.8, 4) is 0 Å². The van der Waals surface area contributed by atoms with Crippen LogP contribution in [0.3, 0.4) is 0 Å². The van der Waals surface area contributed by atoms with Crippen molar-refractivity contribution >= 4 is 76.7 Å². The maximum absolute atomic E-state index is 12.5. The highest BCUT2D eigenvalue weighted by molar-refractivity contribution is 7.94. The Morgan fingerprint density at radius 3 is 2.27 bits per heavy atom. The van der Waals surface area contributed by atoms with Gasteiger partial charge in [0.05, 0.1) is 22.4 Å². The van der Waals surface area contributed by atoms with E-state index in [1.807, 2.05) is 52.0 Å². The molecule has 2 heterocycles. The summed E-state index contributed by atoms with van der Waals surface area (Å²) in [5, 5.41) is 16.7. The number of hydrogen-bond donors (Lipinski definition) is 1. The Morgan fingerprint density at radius 1 is 0.929 bits per heavy atom. The van der Waals surface area contributed by atoms with Crippen LogP contribution in [0.4, 0.5) is 11.4 Å². The lowest BCUT2D eigenvalue weighted by atomic mass is 9.78. The molecule has 0 saturated heterocycles. The summed E-state index contributed by atoms with van der Waals surface area (Å²) in [5.74, 6) is 0.170. The minimum atomic E-state index is -5.08. The molecule has 0 spiro atoms. The molecule has 4 aromatic carbocycles. The third kappa shape index (κ3) is 7.59. The maximum atomic E-state index is 12.5. The van der Waals surface area contributed by atoms with E-state index < -0.39 is 40.9 Å². The highest BCUT2D eigenvalue weighted by Crippen LogP contribution is 2.52. The van der Waals surface area contributed by atoms with Gasteiger partial charge in [-0.2, -0.15) is 17.3 Å². The summed E-state index contributed by atoms with van der Waals surface area (Å²) in [7, 11) is -9.97. The van der Waals surface area contributed by atoms with E-state index in [9.17, 15) is 36.0 Å². The fraction of sp³-hybridized carbons (Fsp3) is 0.366. The summed E-state index contributed by atoms with van der Waals surface area (Å²) in [6.07, 6.45) is 9.17. The predicted octanol–water partition coefficient (Wildman–Crippen LogP) is 7.47. The van der Waals surface area contributed by atoms with Crippen LogP contribution in [0.25, 0.3) is 21.5 Å². The van der Waals surface area contributed by atoms with E-state index in [0.29, 0.717) is 31.1 Å². The Bertz CT molecular complexity index is 2590. The Labute approximate surface area is 332 Å². The van der Waals surface area contributed by atoms with E-state index >= 15 is 0 Å². The van der Waals surface area contributed by atoms with Gasteiger partial charge in [-0.15, -0.1) is 0 Å². The van der Waals surface area contributed by atoms with Crippen molar-refractivity contribution in [3.63, 3.8) is 0 Å². The van der Waals surface area contributed by atoms with Crippen LogP contribution < -0.4 is 10.2 Å². The summed E-state index contributed by atoms with van der Waals surface area (Å²) >= 11 is 0.851. The highest BCUT2D eigenvalue weighted by Gasteiger charge is 2.46. The Hall–Kier alpha value is -3.93. The van der Waals surface area contributed by atoms with Crippen LogP contribution in [0.5, 0.6) is 0 Å². The first-order valence-corrected chi connectivity index (χ1v) is 21.9. The number of aryl methyl sites for hydroxylation is 1. The average molecular weight is 822 g/mol. The topological polar surface area (TPSA) is 176 Å². The lowest BCUT2D eigenvalue weighted by molar-refractivity contribution is -0.777. The number of unbranched alkanes of at least 4 members (excludes halogenated alkanes) is 2. The number of carbonyl (C=O) groups is 1. The van der Waals surface area contributed by atoms with Gasteiger partial charge in [-0.3, -0.25) is 9.59 Å². The SMILES string of the molecule is CCN1/C(=C/C=C/C2=[N+](CCCCCC(C)=O)c3ccc4c(C)cc(SOO[O-])cc4c3C2(C)C)C(C)(C)c2c1ccc1c(S(=O)(=O)O)cc(S(=O)(=O)[O-])cc21. The second kappa shape index (κ2) is 15.4. The lowest BCUT2D eigenvalue weighted by Gasteiger charge is -2.26. The van der Waals surface area contributed by atoms with Crippen LogP contribution in [0, 0.1) is 6.92 Å². The summed E-state index contributed by atoms with van der Waals surface area (Å²) in [6, 6.07) is 13.4. The quantitative estimate of drug-likeness (QED) is 0.0332. The van der Waals surface area contributed by atoms with Crippen LogP contribution in [-0.2, 0) is 45.2 Å². The smallest absolute Gasteiger partial charge is 0.295 e. The number of benzene rings is 4. The summed E-state index contributed by atoms with van der Waals surface area (Å²) in [6.45, 7) is 15.1. The Morgan fingerprint density at radius 2 is 1.62 bits per heavy atom. The molecule has 1 N–H and O–H groups in total. The number of fused-ring (bicyclic) bond motifs is 6. The molecule has 4 aromatic rings. The monoisotopic (exact) mass is 821 g/mol. The van der Waals surface area contributed by atoms with E-state index in [-0.39, 0.29) is 16.6 Å². The van der Waals surface area contributed by atoms with Crippen LogP contribution in [-0.4, -0.2) is 55.1 Å². The number of carbonyl (C=O) groups excluding carboxylic acids is 1. The number of ketones is 1. The molecule has 0 saturated carbocycles. The van der Waals surface area contributed by atoms with Gasteiger partial charge in [0.2, 0.25) is 5.69 Å². The largest absolute Gasteiger partial charge is 0.744 e. The molecule has 15 heteroatoms. The third-order valence-electron chi connectivity index (χ3n) is 11.0. The van der Waals surface area contributed by atoms with Gasteiger partial charge in [0.25, 0.3) is 10.1 Å². The van der Waals surface area contributed by atoms with E-state index in [0.717, 1.165) is 80.9 Å². The van der Waals surface area contributed by atoms with Crippen molar-refractivity contribution < 1.29 is 49.9 Å². The molecule has 298 valence electrons. The zero-order chi connectivity index (χ0) is 41.0. The minimum Gasteiger partial charge on any atom is -0.744 e. The molecule has 0 radical (unpaired) electrons. The zero-order valence-electron chi connectivity index (χ0n) is 32.3. The molecular weight excluding hydrogens is 777 g/mol. The van der Waals surface area contributed by atoms with Crippen molar-refractivity contribution in [2.75, 3.05) is 18.0 Å². The molecule has 0 bridgehead atoms. The number of rotatable bonds is 14. The lowest BCUT2D eigenvalue weighted by Crippen LogP contribution is -2.28. The van der Waals surface area contributed by atoms with E-state index in [2.05, 4.69) is 50.9 Å². The fourth-order valence-electron chi connectivity index (χ4n) is 8.58. The molecular formula is C41H45N2O10S3-. The van der Waals surface area contributed by atoms with E-state index in [1.165, 1.54) is 12.1 Å². The number of allylic oxidation sites excluding steroid dienone is 4. The van der Waals surface area contributed by atoms with E-state index in [1.54, 1.807) is 13.0 Å². The standard InChI is InChI=1S/C41H46N2O10S3/c1-8-42-33-19-17-30-32(23-28(55(46,47)48)24-35(30)56(49,50)51)39(33)40(4,5)36(42)14-12-15-37-41(6,7)38-31-22-27(54-53-52-45)21-25(2)29(31)16-18-34(38)43(37)20-11-9-10-13-26(3)44/h12,14-19,21-24H,8-11,13,20H2,1-7H3,(H2-,45,46,47,48,49,50,51)/p-1. The van der Waals surface area contributed by atoms with Gasteiger partial charge in [0.1, 0.15) is 27.3 Å². The molecule has 0 amide bonds. The van der Waals surface area contributed by atoms with Crippen LogP contribution in [0.2, 0.25) is 0 Å². The van der Waals surface area contributed by atoms with Crippen molar-refractivity contribution in [1.29, 1.82) is 0 Å². The van der Waals surface area contributed by atoms with Crippen molar-refractivity contribution in [1.82, 2.24) is 0 Å². The van der Waals surface area contributed by atoms with Gasteiger partial charge < -0.3 is 19.5 Å². The second-order valence-electron chi connectivity index (χ2n) is 15.4. The molecule has 0 unspecified atom stereocenters. The first-order valence-electron chi connectivity index (χ1n) is 18.3. The first-order chi connectivity index (χ1) is 26.2. The molecule has 2 aliphatic rings. The number of likely N-dealkylation sites (N-methyl/N-ethyl adjacent to an activating group) is 1. The van der Waals surface area contributed by atoms with Gasteiger partial charge in [-0.25, -0.2) is 8.42 Å². The normalized spacial score (nSPS) is 17.2. The van der Waals surface area contributed by atoms with Crippen molar-refractivity contribution in [2.45, 2.75) is 99.7 Å². The van der Waals surface area contributed by atoms with Crippen LogP contribution in [0.15, 0.2) is 87.1 Å². The van der Waals surface area contributed by atoms with E-state index in [4.69, 9.17) is 0 Å². The fourth-order valence-corrected chi connectivity index (χ4v) is 10.4. The summed E-state index contributed by atoms with van der Waals surface area (Å²) in [4.78, 5) is 13.0. The number of Topliss-reactive ketones (excluding diaryl/α,β-unsaturated/α-hetero) is 1. The highest BCUT2D eigenvalue weighted by atomic mass is 32.2. The second-order valence-corrected chi connectivity index (χ2v) is 18.9. The summed E-state index contributed by atoms with van der Waals surface area (Å²) < 4.78 is 78.6. The molecule has 2 aliphatic heterocycles. The maximum Gasteiger partial charge on any atom is 0.295 e. The van der Waals surface area contributed by atoms with Gasteiger partial charge in [-0.1, -0.05) is 26.0 Å². The molecule has 6 rings (SSSR count). The molecule has 0 fully saturated rings. The van der Waals surface area contributed by atoms with Gasteiger partial charge in [-0.05, 0) is 117 Å². The average Bonchev–Trinajstić information content (AvgIpc) is 3.47. The number of anilines is 1. The molecule has 56 heavy (non-hydrogen) atoms. The van der Waals surface area contributed by atoms with Crippen LogP contribution in [0.1, 0.15) is 83.9 Å². The molecule has 0 aromatic heterocycles. The van der Waals surface area contributed by atoms with Crippen molar-refractivity contribution in [3.05, 3.63) is 89.1 Å². The number of nitrogens with zero attached hydrogens (tertiary/aromatic N) is 2. The first kappa shape index (κ1) is 41.7. The van der Waals surface area contributed by atoms with Crippen LogP contribution >= 0.6 is 12.0 Å². The predicted molar refractivity (Wildman–Crippen MR) is 214 cm³/mol. The van der Waals surface area contributed by atoms with Gasteiger partial charge in [0, 0.05) is 64.2 Å². The summed E-state index contributed by atoms with van der Waals surface area (Å²) in [5.41, 5.74) is 5.15. The molecule has 0 atom stereocenters. The number of hydrogen-bond acceptors (Lipinski definition) is 11. The van der Waals surface area contributed by atoms with Gasteiger partial charge in [0.15, 0.2) is 5.71 Å². The molecule has 0 aliphatic carbocycles. The Kier molecular flexibility index (Phi) is 11.5. The molecule has 12 nitrogen and oxygen atoms in total. The van der Waals surface area contributed by atoms with Gasteiger partial charge >= 0.3 is 0 Å². The van der Waals surface area contributed by atoms with Crippen molar-refractivity contribution in [2.24, 2.45) is 0 Å². The zero-order valence-corrected chi connectivity index (χ0v) is 34.8. The third-order valence-corrected chi connectivity index (χ3v) is 13.3. The minimum absolute atomic E-state index is 0.107. The Balaban J connectivity index is 1.48.